The second-order valence-electron chi connectivity index (χ2n) is 27.9. The summed E-state index contributed by atoms with van der Waals surface area (Å²) >= 11 is 0. The lowest BCUT2D eigenvalue weighted by atomic mass is 9.90. The van der Waals surface area contributed by atoms with Crippen LogP contribution in [0.25, 0.3) is 195 Å². The van der Waals surface area contributed by atoms with Gasteiger partial charge in [0.2, 0.25) is 0 Å². The van der Waals surface area contributed by atoms with Crippen LogP contribution >= 0.6 is 0 Å². The molecule has 0 saturated carbocycles. The number of rotatable bonds is 13. The number of para-hydroxylation sites is 4. The number of pyridine rings is 4. The lowest BCUT2D eigenvalue weighted by Crippen LogP contribution is -2.05. The van der Waals surface area contributed by atoms with Crippen LogP contribution < -0.4 is 0 Å². The van der Waals surface area contributed by atoms with Crippen molar-refractivity contribution in [2.24, 2.45) is 0 Å². The highest BCUT2D eigenvalue weighted by Crippen LogP contribution is 2.48. The Bertz CT molecular complexity index is 6430. The first-order valence-corrected chi connectivity index (χ1v) is 36.5. The molecule has 0 bridgehead atoms. The molecule has 0 amide bonds. The predicted octanol–water partition coefficient (Wildman–Crippen LogP) is 25.8. The van der Waals surface area contributed by atoms with E-state index in [9.17, 15) is 0 Å². The van der Waals surface area contributed by atoms with Gasteiger partial charge in [0.1, 0.15) is 0 Å². The van der Waals surface area contributed by atoms with Gasteiger partial charge in [0.25, 0.3) is 0 Å². The van der Waals surface area contributed by atoms with E-state index in [1.165, 1.54) is 43.4 Å². The Labute approximate surface area is 619 Å². The molecular formula is C100H67N7. The van der Waals surface area contributed by atoms with Crippen LogP contribution in [-0.4, -0.2) is 33.6 Å². The summed E-state index contributed by atoms with van der Waals surface area (Å²) in [6, 6.07) is 133. The van der Waals surface area contributed by atoms with E-state index in [4.69, 9.17) is 19.9 Å². The van der Waals surface area contributed by atoms with E-state index in [1.807, 2.05) is 0 Å². The normalized spacial score (nSPS) is 11.6. The van der Waals surface area contributed by atoms with Crippen LogP contribution in [0, 0.1) is 13.8 Å². The van der Waals surface area contributed by atoms with Gasteiger partial charge in [-0.2, -0.15) is 0 Å². The minimum atomic E-state index is 0.791. The molecule has 502 valence electrons. The van der Waals surface area contributed by atoms with Crippen molar-refractivity contribution in [3.8, 4) is 129 Å². The van der Waals surface area contributed by atoms with Gasteiger partial charge >= 0.3 is 0 Å². The highest BCUT2D eigenvalue weighted by Gasteiger charge is 2.27. The molecule has 0 N–H and O–H groups in total. The topological polar surface area (TPSA) is 66.3 Å². The molecule has 0 radical (unpaired) electrons. The smallest absolute Gasteiger partial charge is 0.0956 e. The molecule has 7 heteroatoms. The molecular weight excluding hydrogens is 1300 g/mol. The average Bonchev–Trinajstić information content (AvgIpc) is 1.53. The van der Waals surface area contributed by atoms with Crippen LogP contribution in [0.2, 0.25) is 0 Å². The maximum absolute atomic E-state index is 6.08. The first-order chi connectivity index (χ1) is 52.8. The Kier molecular flexibility index (Phi) is 15.2. The van der Waals surface area contributed by atoms with Crippen LogP contribution in [0.1, 0.15) is 11.1 Å². The molecule has 20 aromatic rings. The quantitative estimate of drug-likeness (QED) is 0.115. The number of fused-ring (bicyclic) bond motifs is 9. The van der Waals surface area contributed by atoms with Crippen LogP contribution in [0.5, 0.6) is 0 Å². The van der Waals surface area contributed by atoms with Gasteiger partial charge in [-0.05, 0) is 146 Å². The third-order valence-electron chi connectivity index (χ3n) is 21.1. The molecule has 0 aliphatic heterocycles. The number of aryl methyl sites for hydroxylation is 2. The van der Waals surface area contributed by atoms with Crippen LogP contribution in [0.4, 0.5) is 0 Å². The summed E-state index contributed by atoms with van der Waals surface area (Å²) in [5, 5.41) is 7.21. The van der Waals surface area contributed by atoms with Crippen LogP contribution in [-0.2, 0) is 0 Å². The molecule has 7 aromatic heterocycles. The molecule has 0 fully saturated rings. The molecule has 0 aliphatic carbocycles. The lowest BCUT2D eigenvalue weighted by molar-refractivity contribution is 1.14. The van der Waals surface area contributed by atoms with Gasteiger partial charge in [0, 0.05) is 93.8 Å². The number of nitrogens with zero attached hydrogens (tertiary/aromatic N) is 7. The lowest BCUT2D eigenvalue weighted by Gasteiger charge is -2.22. The molecule has 0 aliphatic rings. The van der Waals surface area contributed by atoms with E-state index in [-0.39, 0.29) is 0 Å². The number of hydrogen-bond donors (Lipinski definition) is 0. The molecule has 0 atom stereocenters. The first kappa shape index (κ1) is 62.6. The minimum absolute atomic E-state index is 0.791. The monoisotopic (exact) mass is 1370 g/mol. The molecule has 0 spiro atoms. The van der Waals surface area contributed by atoms with Crippen LogP contribution in [0.3, 0.4) is 0 Å². The predicted molar refractivity (Wildman–Crippen MR) is 444 cm³/mol. The van der Waals surface area contributed by atoms with Gasteiger partial charge in [-0.25, -0.2) is 19.9 Å². The third-order valence-corrected chi connectivity index (χ3v) is 21.1. The van der Waals surface area contributed by atoms with E-state index >= 15 is 0 Å². The Morgan fingerprint density at radius 3 is 0.879 bits per heavy atom. The van der Waals surface area contributed by atoms with Crippen LogP contribution in [0.15, 0.2) is 370 Å². The fourth-order valence-electron chi connectivity index (χ4n) is 16.1. The molecule has 13 aromatic carbocycles. The summed E-state index contributed by atoms with van der Waals surface area (Å²) in [5.41, 5.74) is 30.7. The highest BCUT2D eigenvalue weighted by atomic mass is 15.0. The molecule has 0 unspecified atom stereocenters. The van der Waals surface area contributed by atoms with Crippen molar-refractivity contribution in [1.29, 1.82) is 0 Å². The van der Waals surface area contributed by atoms with Crippen molar-refractivity contribution < 1.29 is 0 Å². The number of benzene rings is 13. The fourth-order valence-corrected chi connectivity index (χ4v) is 16.1. The van der Waals surface area contributed by atoms with Crippen molar-refractivity contribution >= 4 is 65.4 Å². The SMILES string of the molecule is Cc1ccc2c(c1)c1cc(C)ccc1n2-c1c(-c2ccccc2-c2cc(-c3cc(-c4ccccc4)nc(-c4ccccc4)c3)nc(-c3cc(-c4ccccc4)nc(-c4ccccc4)c3)c2)cc(-c2ccc(-n3c4ccccc4c4ccccc43)cc2)nc1-c1ccc(-n2c3ccccc3c3ccccc32)cc1. The Hall–Kier alpha value is -14.1. The summed E-state index contributed by atoms with van der Waals surface area (Å²) in [5.74, 6) is 0. The average molecular weight is 1370 g/mol. The Morgan fingerprint density at radius 2 is 0.486 bits per heavy atom. The van der Waals surface area contributed by atoms with Gasteiger partial charge in [-0.15, -0.1) is 0 Å². The third kappa shape index (κ3) is 11.1. The van der Waals surface area contributed by atoms with E-state index in [2.05, 4.69) is 398 Å². The van der Waals surface area contributed by atoms with Gasteiger partial charge in [0.15, 0.2) is 0 Å². The second-order valence-corrected chi connectivity index (χ2v) is 27.9. The number of hydrogen-bond acceptors (Lipinski definition) is 4. The van der Waals surface area contributed by atoms with Crippen molar-refractivity contribution in [2.45, 2.75) is 13.8 Å². The van der Waals surface area contributed by atoms with E-state index in [0.29, 0.717) is 0 Å². The van der Waals surface area contributed by atoms with Gasteiger partial charge in [-0.1, -0.05) is 266 Å². The Morgan fingerprint density at radius 1 is 0.187 bits per heavy atom. The van der Waals surface area contributed by atoms with E-state index in [0.717, 1.165) is 162 Å². The molecule has 20 rings (SSSR count). The van der Waals surface area contributed by atoms with Gasteiger partial charge in [-0.3, -0.25) is 0 Å². The van der Waals surface area contributed by atoms with E-state index in [1.54, 1.807) is 0 Å². The summed E-state index contributed by atoms with van der Waals surface area (Å²) in [7, 11) is 0. The fraction of sp³-hybridized carbons (Fsp3) is 0.0200. The van der Waals surface area contributed by atoms with Crippen molar-refractivity contribution in [2.75, 3.05) is 0 Å². The zero-order valence-electron chi connectivity index (χ0n) is 58.8. The molecule has 0 saturated heterocycles. The second kappa shape index (κ2) is 26.0. The number of aromatic nitrogens is 7. The summed E-state index contributed by atoms with van der Waals surface area (Å²) in [6.07, 6.45) is 0. The molecule has 107 heavy (non-hydrogen) atoms. The van der Waals surface area contributed by atoms with Crippen molar-refractivity contribution in [1.82, 2.24) is 33.6 Å². The largest absolute Gasteiger partial charge is 0.309 e. The zero-order valence-corrected chi connectivity index (χ0v) is 58.8. The zero-order chi connectivity index (χ0) is 71.1. The summed E-state index contributed by atoms with van der Waals surface area (Å²) in [4.78, 5) is 22.7. The summed E-state index contributed by atoms with van der Waals surface area (Å²) < 4.78 is 7.27. The van der Waals surface area contributed by atoms with E-state index < -0.39 is 0 Å². The minimum Gasteiger partial charge on any atom is -0.309 e. The molecule has 7 heterocycles. The van der Waals surface area contributed by atoms with Crippen molar-refractivity contribution in [3.63, 3.8) is 0 Å². The highest BCUT2D eigenvalue weighted by molar-refractivity contribution is 6.13. The Balaban J connectivity index is 0.874. The van der Waals surface area contributed by atoms with Crippen molar-refractivity contribution in [3.05, 3.63) is 381 Å². The standard InChI is InChI=1S/C100H67N7/c1-64-43-53-97-83(55-64)84-56-65(2)44-54-98(84)107(97)100-85(63-92(70-45-49-75(50-46-70)105-93-39-21-17-35-79(93)80-36-18-22-40-94(80)105)104-99(100)71-47-51-76(52-48-71)106-95-41-23-19-37-81(95)82-38-20-24-42-96(82)106)78-34-16-15-33-77(78)72-57-90(73-59-86(66-25-7-3-8-26-66)101-87(60-73)67-27-9-4-10-28-67)103-91(58-72)74-61-88(68-29-11-5-12-30-68)102-89(62-74)69-31-13-6-14-32-69/h3-63H,1-2H3. The first-order valence-electron chi connectivity index (χ1n) is 36.5. The summed E-state index contributed by atoms with van der Waals surface area (Å²) in [6.45, 7) is 4.39. The molecule has 7 nitrogen and oxygen atoms in total. The maximum Gasteiger partial charge on any atom is 0.0956 e. The van der Waals surface area contributed by atoms with Gasteiger partial charge < -0.3 is 13.7 Å². The van der Waals surface area contributed by atoms with Gasteiger partial charge in [0.05, 0.1) is 84.3 Å². The maximum atomic E-state index is 6.08.